The predicted octanol–water partition coefficient (Wildman–Crippen LogP) is 34.0. The van der Waals surface area contributed by atoms with E-state index < -0.39 is 10.8 Å². The summed E-state index contributed by atoms with van der Waals surface area (Å²) in [5.41, 5.74) is 34.6. The lowest BCUT2D eigenvalue weighted by atomic mass is 9.62. The zero-order chi connectivity index (χ0) is 86.8. The van der Waals surface area contributed by atoms with Gasteiger partial charge in [-0.05, 0) is 224 Å². The van der Waals surface area contributed by atoms with Gasteiger partial charge in [0.05, 0.1) is 39.3 Å². The van der Waals surface area contributed by atoms with Gasteiger partial charge in [0.25, 0.3) is 0 Å². The lowest BCUT2D eigenvalue weighted by Crippen LogP contribution is -2.38. The van der Waals surface area contributed by atoms with Gasteiger partial charge in [-0.3, -0.25) is 0 Å². The number of benzene rings is 20. The van der Waals surface area contributed by atoms with Crippen LogP contribution in [0.25, 0.3) is 88.0 Å². The molecule has 2 aromatic heterocycles. The van der Waals surface area contributed by atoms with Crippen LogP contribution in [0.4, 0.5) is 68.2 Å². The standard InChI is InChI=1S/C66H46N2O.C58H44N2O/c1-45-44-50(38-43-54(45)48-18-4-2-5-19-48)66(60-29-17-26-57-56-25-10-15-33-64(56)69-65(57)60)58-27-11-13-30-62(58)68(63-31-14-12-28-59(63)66)53-41-36-47(37-42-53)46-34-39-52(40-35-46)67(51-22-6-3-7-23-51)61-32-16-21-49-20-8-9-24-55(49)61;1-40(2)41-28-32-44(33-29-41)58(53-24-15-21-50-49-20-9-14-27-56(49)61-57(50)53)51-22-10-12-25-54(51)60(55-26-13-11-23-52(55)58)48-38-36-47(37-39-48)59(45-18-7-4-8-19-45)46-34-30-43(31-35-46)42-16-5-3-6-17-42/h2-44H,1H3;3-40H,1-2H3. The minimum atomic E-state index is -0.738. The summed E-state index contributed by atoms with van der Waals surface area (Å²) < 4.78 is 13.9. The van der Waals surface area contributed by atoms with Crippen molar-refractivity contribution in [2.24, 2.45) is 0 Å². The highest BCUT2D eigenvalue weighted by molar-refractivity contribution is 6.09. The predicted molar refractivity (Wildman–Crippen MR) is 543 cm³/mol. The molecule has 6 nitrogen and oxygen atoms in total. The molecule has 0 fully saturated rings. The average Bonchev–Trinajstić information content (AvgIpc) is 0.975. The molecule has 4 heterocycles. The van der Waals surface area contributed by atoms with Crippen LogP contribution in [0.2, 0.25) is 0 Å². The third kappa shape index (κ3) is 13.2. The number of anilines is 12. The van der Waals surface area contributed by atoms with E-state index in [2.05, 4.69) is 526 Å². The zero-order valence-corrected chi connectivity index (χ0v) is 72.4. The number of hydrogen-bond acceptors (Lipinski definition) is 6. The molecule has 0 saturated carbocycles. The monoisotopic (exact) mass is 1670 g/mol. The largest absolute Gasteiger partial charge is 0.456 e. The highest BCUT2D eigenvalue weighted by Crippen LogP contribution is 2.62. The Morgan fingerprint density at radius 3 is 1.05 bits per heavy atom. The molecule has 0 radical (unpaired) electrons. The van der Waals surface area contributed by atoms with Crippen molar-refractivity contribution in [3.8, 4) is 33.4 Å². The third-order valence-electron chi connectivity index (χ3n) is 26.8. The van der Waals surface area contributed by atoms with E-state index in [-0.39, 0.29) is 0 Å². The molecule has 0 unspecified atom stereocenters. The highest BCUT2D eigenvalue weighted by Gasteiger charge is 2.50. The Hall–Kier alpha value is -16.5. The first-order chi connectivity index (χ1) is 64.2. The van der Waals surface area contributed by atoms with Crippen LogP contribution in [0.1, 0.15) is 75.4 Å². The lowest BCUT2D eigenvalue weighted by Gasteiger charge is -2.46. The number of aryl methyl sites for hydroxylation is 1. The van der Waals surface area contributed by atoms with Crippen LogP contribution in [-0.4, -0.2) is 0 Å². The number of furan rings is 2. The molecule has 0 spiro atoms. The third-order valence-corrected chi connectivity index (χ3v) is 26.8. The summed E-state index contributed by atoms with van der Waals surface area (Å²) in [6, 6.07) is 176. The highest BCUT2D eigenvalue weighted by atomic mass is 16.3. The lowest BCUT2D eigenvalue weighted by molar-refractivity contribution is 0.643. The average molecular weight is 1670 g/mol. The molecular formula is C124H90N4O2. The normalized spacial score (nSPS) is 12.9. The Kier molecular flexibility index (Phi) is 19.7. The van der Waals surface area contributed by atoms with Crippen LogP contribution < -0.4 is 19.6 Å². The molecule has 6 heteroatoms. The van der Waals surface area contributed by atoms with Gasteiger partial charge in [0.2, 0.25) is 0 Å². The summed E-state index contributed by atoms with van der Waals surface area (Å²) in [4.78, 5) is 9.57. The SMILES string of the molecule is CC(C)c1ccc(C2(c3cccc4c3oc3ccccc34)c3ccccc3N(c3ccc(N(c4ccccc4)c4ccc(-c5ccccc5)cc4)cc3)c3ccccc32)cc1.Cc1cc(C2(c3cccc4c3oc3ccccc34)c3ccccc3N(c3ccc(-c4ccc(N(c5ccccc5)c5cccc6ccccc56)cc4)cc3)c3ccccc32)ccc1-c1ccccc1. The van der Waals surface area contributed by atoms with Crippen molar-refractivity contribution in [2.75, 3.05) is 19.6 Å². The van der Waals surface area contributed by atoms with Crippen LogP contribution in [0.3, 0.4) is 0 Å². The van der Waals surface area contributed by atoms with Gasteiger partial charge in [0.1, 0.15) is 22.3 Å². The Morgan fingerprint density at radius 1 is 0.246 bits per heavy atom. The molecule has 20 aromatic carbocycles. The van der Waals surface area contributed by atoms with Gasteiger partial charge in [-0.15, -0.1) is 0 Å². The first-order valence-corrected chi connectivity index (χ1v) is 45.0. The molecule has 2 aliphatic rings. The maximum absolute atomic E-state index is 6.97. The second kappa shape index (κ2) is 32.8. The van der Waals surface area contributed by atoms with E-state index in [1.54, 1.807) is 0 Å². The molecule has 24 rings (SSSR count). The maximum Gasteiger partial charge on any atom is 0.140 e. The van der Waals surface area contributed by atoms with Gasteiger partial charge in [0, 0.05) is 77.9 Å². The first kappa shape index (κ1) is 78.2. The summed E-state index contributed by atoms with van der Waals surface area (Å²) in [5.74, 6) is 0.416. The fourth-order valence-electron chi connectivity index (χ4n) is 20.8. The van der Waals surface area contributed by atoms with Gasteiger partial charge < -0.3 is 28.4 Å². The van der Waals surface area contributed by atoms with E-state index in [4.69, 9.17) is 8.83 Å². The van der Waals surface area contributed by atoms with Crippen LogP contribution in [0, 0.1) is 6.92 Å². The number of fused-ring (bicyclic) bond motifs is 11. The minimum Gasteiger partial charge on any atom is -0.456 e. The maximum atomic E-state index is 6.97. The summed E-state index contributed by atoms with van der Waals surface area (Å²) in [6.07, 6.45) is 0. The molecule has 130 heavy (non-hydrogen) atoms. The van der Waals surface area contributed by atoms with Crippen molar-refractivity contribution in [1.29, 1.82) is 0 Å². The second-order valence-corrected chi connectivity index (χ2v) is 34.3. The van der Waals surface area contributed by atoms with E-state index in [1.165, 1.54) is 77.5 Å². The van der Waals surface area contributed by atoms with E-state index in [9.17, 15) is 0 Å². The number of hydrogen-bond donors (Lipinski definition) is 0. The van der Waals surface area contributed by atoms with Crippen LogP contribution in [0.15, 0.2) is 494 Å². The van der Waals surface area contributed by atoms with E-state index >= 15 is 0 Å². The smallest absolute Gasteiger partial charge is 0.140 e. The fraction of sp³-hybridized carbons (Fsp3) is 0.0484. The molecule has 0 atom stereocenters. The number of nitrogens with zero attached hydrogens (tertiary/aromatic N) is 4. The second-order valence-electron chi connectivity index (χ2n) is 34.3. The summed E-state index contributed by atoms with van der Waals surface area (Å²) in [7, 11) is 0. The topological polar surface area (TPSA) is 39.2 Å². The Labute approximate surface area is 758 Å². The molecule has 22 aromatic rings. The molecule has 0 N–H and O–H groups in total. The quantitative estimate of drug-likeness (QED) is 0.0960. The van der Waals surface area contributed by atoms with E-state index in [1.807, 2.05) is 0 Å². The molecule has 0 bridgehead atoms. The van der Waals surface area contributed by atoms with Crippen molar-refractivity contribution in [2.45, 2.75) is 37.5 Å². The van der Waals surface area contributed by atoms with Crippen molar-refractivity contribution in [3.05, 3.63) is 541 Å². The molecule has 0 amide bonds. The van der Waals surface area contributed by atoms with Crippen LogP contribution in [-0.2, 0) is 10.8 Å². The van der Waals surface area contributed by atoms with Gasteiger partial charge in [-0.2, -0.15) is 0 Å². The van der Waals surface area contributed by atoms with Crippen molar-refractivity contribution < 1.29 is 8.83 Å². The molecular weight excluding hydrogens is 1580 g/mol. The molecule has 2 aliphatic heterocycles. The van der Waals surface area contributed by atoms with Gasteiger partial charge >= 0.3 is 0 Å². The Morgan fingerprint density at radius 2 is 0.577 bits per heavy atom. The molecule has 0 aliphatic carbocycles. The van der Waals surface area contributed by atoms with Crippen molar-refractivity contribution >= 4 is 123 Å². The summed E-state index contributed by atoms with van der Waals surface area (Å²) >= 11 is 0. The van der Waals surface area contributed by atoms with Gasteiger partial charge in [0.15, 0.2) is 0 Å². The van der Waals surface area contributed by atoms with Gasteiger partial charge in [-0.1, -0.05) is 372 Å². The van der Waals surface area contributed by atoms with Crippen LogP contribution in [0.5, 0.6) is 0 Å². The van der Waals surface area contributed by atoms with E-state index in [0.717, 1.165) is 134 Å². The Bertz CT molecular complexity index is 7840. The summed E-state index contributed by atoms with van der Waals surface area (Å²) in [6.45, 7) is 6.76. The van der Waals surface area contributed by atoms with Crippen LogP contribution >= 0.6 is 0 Å². The number of para-hydroxylation sites is 10. The summed E-state index contributed by atoms with van der Waals surface area (Å²) in [5, 5.41) is 6.91. The van der Waals surface area contributed by atoms with E-state index in [0.29, 0.717) is 5.92 Å². The Balaban J connectivity index is 0.000000149. The van der Waals surface area contributed by atoms with Gasteiger partial charge in [-0.25, -0.2) is 0 Å². The van der Waals surface area contributed by atoms with Crippen molar-refractivity contribution in [1.82, 2.24) is 0 Å². The minimum absolute atomic E-state index is 0.416. The zero-order valence-electron chi connectivity index (χ0n) is 72.4. The van der Waals surface area contributed by atoms with Crippen molar-refractivity contribution in [3.63, 3.8) is 0 Å². The first-order valence-electron chi connectivity index (χ1n) is 45.0. The molecule has 0 saturated heterocycles. The fourth-order valence-corrected chi connectivity index (χ4v) is 20.8. The molecule has 618 valence electrons. The number of rotatable bonds is 16.